The third-order valence-electron chi connectivity index (χ3n) is 2.65. The summed E-state index contributed by atoms with van der Waals surface area (Å²) in [5, 5.41) is 0. The van der Waals surface area contributed by atoms with E-state index in [2.05, 4.69) is 21.4 Å². The second-order valence-electron chi connectivity index (χ2n) is 3.41. The zero-order valence-corrected chi connectivity index (χ0v) is 8.03. The molecule has 1 aliphatic rings. The standard InChI is InChI=1S/C9H16N4/c1-2-8-5-11-9-6-12(7-10)3-4-13(8)9/h5H,2-4,6-7,10H2,1H3. The van der Waals surface area contributed by atoms with Crippen molar-refractivity contribution in [2.75, 3.05) is 13.2 Å². The summed E-state index contributed by atoms with van der Waals surface area (Å²) < 4.78 is 2.31. The molecule has 0 amide bonds. The molecular formula is C9H16N4. The molecule has 2 heterocycles. The highest BCUT2D eigenvalue weighted by molar-refractivity contribution is 5.07. The van der Waals surface area contributed by atoms with Gasteiger partial charge >= 0.3 is 0 Å². The summed E-state index contributed by atoms with van der Waals surface area (Å²) in [6.07, 6.45) is 3.05. The number of nitrogens with zero attached hydrogens (tertiary/aromatic N) is 3. The van der Waals surface area contributed by atoms with Gasteiger partial charge in [-0.05, 0) is 6.42 Å². The number of fused-ring (bicyclic) bond motifs is 1. The van der Waals surface area contributed by atoms with Crippen LogP contribution in [0.3, 0.4) is 0 Å². The van der Waals surface area contributed by atoms with Crippen LogP contribution in [0.4, 0.5) is 0 Å². The van der Waals surface area contributed by atoms with Gasteiger partial charge < -0.3 is 10.3 Å². The summed E-state index contributed by atoms with van der Waals surface area (Å²) in [5.41, 5.74) is 6.93. The first kappa shape index (κ1) is 8.72. The predicted molar refractivity (Wildman–Crippen MR) is 51.1 cm³/mol. The summed E-state index contributed by atoms with van der Waals surface area (Å²) >= 11 is 0. The molecular weight excluding hydrogens is 164 g/mol. The van der Waals surface area contributed by atoms with Gasteiger partial charge in [0, 0.05) is 31.6 Å². The van der Waals surface area contributed by atoms with Crippen molar-refractivity contribution in [1.82, 2.24) is 14.5 Å². The Hall–Kier alpha value is -0.870. The van der Waals surface area contributed by atoms with Gasteiger partial charge in [-0.25, -0.2) is 4.98 Å². The molecule has 0 radical (unpaired) electrons. The number of imidazole rings is 1. The van der Waals surface area contributed by atoms with E-state index < -0.39 is 0 Å². The van der Waals surface area contributed by atoms with E-state index in [4.69, 9.17) is 5.73 Å². The molecule has 0 atom stereocenters. The molecule has 1 aliphatic heterocycles. The van der Waals surface area contributed by atoms with E-state index in [1.54, 1.807) is 0 Å². The Balaban J connectivity index is 2.22. The molecule has 0 saturated heterocycles. The normalized spacial score (nSPS) is 17.4. The number of aromatic nitrogens is 2. The van der Waals surface area contributed by atoms with Gasteiger partial charge in [-0.2, -0.15) is 0 Å². The molecule has 4 nitrogen and oxygen atoms in total. The Bertz CT molecular complexity index is 292. The fourth-order valence-corrected chi connectivity index (χ4v) is 1.81. The number of hydrogen-bond acceptors (Lipinski definition) is 3. The van der Waals surface area contributed by atoms with Gasteiger partial charge in [0.15, 0.2) is 0 Å². The first-order valence-corrected chi connectivity index (χ1v) is 4.81. The zero-order valence-electron chi connectivity index (χ0n) is 8.03. The molecule has 72 valence electrons. The Morgan fingerprint density at radius 2 is 2.38 bits per heavy atom. The van der Waals surface area contributed by atoms with Crippen molar-refractivity contribution in [2.45, 2.75) is 26.4 Å². The van der Waals surface area contributed by atoms with Gasteiger partial charge in [-0.15, -0.1) is 0 Å². The van der Waals surface area contributed by atoms with E-state index in [9.17, 15) is 0 Å². The molecule has 13 heavy (non-hydrogen) atoms. The van der Waals surface area contributed by atoms with Gasteiger partial charge in [-0.3, -0.25) is 4.90 Å². The topological polar surface area (TPSA) is 47.1 Å². The molecule has 0 fully saturated rings. The Kier molecular flexibility index (Phi) is 2.33. The van der Waals surface area contributed by atoms with Crippen molar-refractivity contribution in [2.24, 2.45) is 5.73 Å². The van der Waals surface area contributed by atoms with Gasteiger partial charge in [0.1, 0.15) is 5.82 Å². The number of hydrogen-bond donors (Lipinski definition) is 1. The summed E-state index contributed by atoms with van der Waals surface area (Å²) in [4.78, 5) is 6.60. The summed E-state index contributed by atoms with van der Waals surface area (Å²) in [6, 6.07) is 0. The predicted octanol–water partition coefficient (Wildman–Crippen LogP) is 0.177. The van der Waals surface area contributed by atoms with E-state index in [1.807, 2.05) is 6.20 Å². The summed E-state index contributed by atoms with van der Waals surface area (Å²) in [5.74, 6) is 1.16. The summed E-state index contributed by atoms with van der Waals surface area (Å²) in [6.45, 7) is 5.78. The first-order valence-electron chi connectivity index (χ1n) is 4.81. The van der Waals surface area contributed by atoms with Crippen LogP contribution in [0.25, 0.3) is 0 Å². The second kappa shape index (κ2) is 3.47. The van der Waals surface area contributed by atoms with Crippen LogP contribution in [0, 0.1) is 0 Å². The molecule has 0 unspecified atom stereocenters. The highest BCUT2D eigenvalue weighted by Crippen LogP contribution is 2.13. The van der Waals surface area contributed by atoms with E-state index in [1.165, 1.54) is 5.69 Å². The van der Waals surface area contributed by atoms with Gasteiger partial charge in [0.05, 0.1) is 6.54 Å². The van der Waals surface area contributed by atoms with Crippen LogP contribution in [0.2, 0.25) is 0 Å². The van der Waals surface area contributed by atoms with Gasteiger partial charge in [0.2, 0.25) is 0 Å². The van der Waals surface area contributed by atoms with Crippen LogP contribution in [0.15, 0.2) is 6.20 Å². The lowest BCUT2D eigenvalue weighted by Crippen LogP contribution is -2.37. The maximum atomic E-state index is 5.59. The molecule has 1 aromatic heterocycles. The third-order valence-corrected chi connectivity index (χ3v) is 2.65. The highest BCUT2D eigenvalue weighted by atomic mass is 15.3. The minimum atomic E-state index is 0.633. The van der Waals surface area contributed by atoms with E-state index in [0.29, 0.717) is 6.67 Å². The van der Waals surface area contributed by atoms with Gasteiger partial charge in [0.25, 0.3) is 0 Å². The third kappa shape index (κ3) is 1.47. The van der Waals surface area contributed by atoms with Crippen LogP contribution in [-0.2, 0) is 19.5 Å². The van der Waals surface area contributed by atoms with Crippen LogP contribution >= 0.6 is 0 Å². The molecule has 0 saturated carbocycles. The molecule has 0 aliphatic carbocycles. The maximum Gasteiger partial charge on any atom is 0.123 e. The molecule has 0 bridgehead atoms. The quantitative estimate of drug-likeness (QED) is 0.706. The lowest BCUT2D eigenvalue weighted by molar-refractivity contribution is 0.221. The smallest absolute Gasteiger partial charge is 0.123 e. The van der Waals surface area contributed by atoms with Crippen molar-refractivity contribution >= 4 is 0 Å². The van der Waals surface area contributed by atoms with Crippen LogP contribution in [0.1, 0.15) is 18.4 Å². The van der Waals surface area contributed by atoms with Gasteiger partial charge in [-0.1, -0.05) is 6.92 Å². The Labute approximate surface area is 78.4 Å². The largest absolute Gasteiger partial charge is 0.330 e. The van der Waals surface area contributed by atoms with Crippen molar-refractivity contribution in [3.05, 3.63) is 17.7 Å². The fraction of sp³-hybridized carbons (Fsp3) is 0.667. The first-order chi connectivity index (χ1) is 6.35. The monoisotopic (exact) mass is 180 g/mol. The van der Waals surface area contributed by atoms with E-state index >= 15 is 0 Å². The van der Waals surface area contributed by atoms with Crippen molar-refractivity contribution in [1.29, 1.82) is 0 Å². The fourth-order valence-electron chi connectivity index (χ4n) is 1.81. The zero-order chi connectivity index (χ0) is 9.26. The molecule has 0 aromatic carbocycles. The Morgan fingerprint density at radius 3 is 3.08 bits per heavy atom. The number of rotatable bonds is 2. The summed E-state index contributed by atoms with van der Waals surface area (Å²) in [7, 11) is 0. The van der Waals surface area contributed by atoms with Crippen molar-refractivity contribution in [3.8, 4) is 0 Å². The van der Waals surface area contributed by atoms with E-state index in [-0.39, 0.29) is 0 Å². The van der Waals surface area contributed by atoms with Crippen LogP contribution < -0.4 is 5.73 Å². The highest BCUT2D eigenvalue weighted by Gasteiger charge is 2.17. The molecule has 4 heteroatoms. The number of aryl methyl sites for hydroxylation is 1. The molecule has 2 rings (SSSR count). The van der Waals surface area contributed by atoms with Crippen LogP contribution in [0.5, 0.6) is 0 Å². The number of nitrogens with two attached hydrogens (primary N) is 1. The molecule has 2 N–H and O–H groups in total. The lowest BCUT2D eigenvalue weighted by atomic mass is 10.3. The van der Waals surface area contributed by atoms with Crippen molar-refractivity contribution < 1.29 is 0 Å². The average molecular weight is 180 g/mol. The molecule has 1 aromatic rings. The maximum absolute atomic E-state index is 5.59. The average Bonchev–Trinajstić information content (AvgIpc) is 2.59. The minimum absolute atomic E-state index is 0.633. The SMILES string of the molecule is CCc1cnc2n1CCN(CN)C2. The molecule has 0 spiro atoms. The van der Waals surface area contributed by atoms with E-state index in [0.717, 1.165) is 31.9 Å². The lowest BCUT2D eigenvalue weighted by Gasteiger charge is -2.26. The Morgan fingerprint density at radius 1 is 1.54 bits per heavy atom. The minimum Gasteiger partial charge on any atom is -0.330 e. The van der Waals surface area contributed by atoms with Crippen molar-refractivity contribution in [3.63, 3.8) is 0 Å². The van der Waals surface area contributed by atoms with Crippen LogP contribution in [-0.4, -0.2) is 27.7 Å². The second-order valence-corrected chi connectivity index (χ2v) is 3.41.